The molecule has 0 spiro atoms. The van der Waals surface area contributed by atoms with E-state index in [1.807, 2.05) is 42.5 Å². The van der Waals surface area contributed by atoms with Gasteiger partial charge in [-0.2, -0.15) is 0 Å². The van der Waals surface area contributed by atoms with E-state index in [0.29, 0.717) is 40.6 Å². The standard InChI is InChI=1S/C30H31N5O5/c1-19(2)13-14-31-30(38)29(21-9-5-4-6-10-21)35(25-16-27-26(39-18-40-27)15-22(25)20(3)36)28(37)17-34-24-12-8-7-11-23(24)32-33-34/h4-12,15-16,19,29H,13-14,17-18H2,1-3H3,(H,31,38)/t29-/m1/s1. The summed E-state index contributed by atoms with van der Waals surface area (Å²) in [4.78, 5) is 42.5. The molecule has 0 fully saturated rings. The number of aromatic nitrogens is 3. The SMILES string of the molecule is CC(=O)c1cc2c(cc1N(C(=O)Cn1nnc3ccccc31)[C@@H](C(=O)NCCC(C)C)c1ccccc1)OCO2. The van der Waals surface area contributed by atoms with Crippen molar-refractivity contribution in [2.24, 2.45) is 5.92 Å². The predicted molar refractivity (Wildman–Crippen MR) is 149 cm³/mol. The Balaban J connectivity index is 1.64. The molecule has 0 unspecified atom stereocenters. The highest BCUT2D eigenvalue weighted by Crippen LogP contribution is 2.41. The zero-order chi connectivity index (χ0) is 28.2. The second kappa shape index (κ2) is 11.6. The van der Waals surface area contributed by atoms with Crippen molar-refractivity contribution in [2.45, 2.75) is 39.8 Å². The van der Waals surface area contributed by atoms with E-state index in [2.05, 4.69) is 29.5 Å². The van der Waals surface area contributed by atoms with Gasteiger partial charge in [0, 0.05) is 18.2 Å². The van der Waals surface area contributed by atoms with Gasteiger partial charge in [0.25, 0.3) is 0 Å². The second-order valence-electron chi connectivity index (χ2n) is 10.1. The van der Waals surface area contributed by atoms with E-state index >= 15 is 0 Å². The average Bonchev–Trinajstić information content (AvgIpc) is 3.57. The maximum absolute atomic E-state index is 14.3. The summed E-state index contributed by atoms with van der Waals surface area (Å²) in [6, 6.07) is 18.4. The molecule has 40 heavy (non-hydrogen) atoms. The fourth-order valence-electron chi connectivity index (χ4n) is 4.70. The van der Waals surface area contributed by atoms with Crippen LogP contribution in [0.1, 0.15) is 49.2 Å². The lowest BCUT2D eigenvalue weighted by molar-refractivity contribution is -0.127. The highest BCUT2D eigenvalue weighted by atomic mass is 16.7. The Hall–Kier alpha value is -4.73. The summed E-state index contributed by atoms with van der Waals surface area (Å²) >= 11 is 0. The van der Waals surface area contributed by atoms with Crippen LogP contribution in [-0.4, -0.2) is 45.9 Å². The minimum absolute atomic E-state index is 0.00712. The molecule has 1 aromatic heterocycles. The molecule has 206 valence electrons. The molecule has 1 N–H and O–H groups in total. The molecule has 0 radical (unpaired) electrons. The Bertz CT molecular complexity index is 1550. The number of nitrogens with one attached hydrogen (secondary N) is 1. The van der Waals surface area contributed by atoms with Crippen LogP contribution in [0.15, 0.2) is 66.7 Å². The largest absolute Gasteiger partial charge is 0.454 e. The molecule has 0 saturated heterocycles. The fraction of sp³-hybridized carbons (Fsp3) is 0.300. The first-order valence-corrected chi connectivity index (χ1v) is 13.2. The van der Waals surface area contributed by atoms with Gasteiger partial charge in [0.05, 0.1) is 11.2 Å². The van der Waals surface area contributed by atoms with Crippen LogP contribution >= 0.6 is 0 Å². The topological polar surface area (TPSA) is 116 Å². The number of Topliss-reactive ketones (excluding diaryl/α,β-unsaturated/α-hetero) is 1. The van der Waals surface area contributed by atoms with Crippen molar-refractivity contribution in [3.63, 3.8) is 0 Å². The highest BCUT2D eigenvalue weighted by Gasteiger charge is 2.36. The number of hydrogen-bond acceptors (Lipinski definition) is 7. The Morgan fingerprint density at radius 2 is 1.70 bits per heavy atom. The number of anilines is 1. The first kappa shape index (κ1) is 26.9. The van der Waals surface area contributed by atoms with Gasteiger partial charge in [-0.05, 0) is 43.0 Å². The van der Waals surface area contributed by atoms with Gasteiger partial charge in [0.2, 0.25) is 18.6 Å². The molecule has 5 rings (SSSR count). The molecule has 3 aromatic carbocycles. The lowest BCUT2D eigenvalue weighted by atomic mass is 9.99. The van der Waals surface area contributed by atoms with E-state index in [1.165, 1.54) is 16.5 Å². The molecule has 4 aromatic rings. The summed E-state index contributed by atoms with van der Waals surface area (Å²) in [5, 5.41) is 11.3. The van der Waals surface area contributed by atoms with Gasteiger partial charge in [0.1, 0.15) is 18.1 Å². The molecule has 10 heteroatoms. The maximum atomic E-state index is 14.3. The molecule has 1 aliphatic rings. The van der Waals surface area contributed by atoms with Crippen molar-refractivity contribution < 1.29 is 23.9 Å². The number of carbonyl (C=O) groups excluding carboxylic acids is 3. The molecule has 2 heterocycles. The molecule has 0 bridgehead atoms. The normalized spacial score (nSPS) is 12.9. The second-order valence-corrected chi connectivity index (χ2v) is 10.1. The lowest BCUT2D eigenvalue weighted by Crippen LogP contribution is -2.46. The van der Waals surface area contributed by atoms with E-state index in [4.69, 9.17) is 9.47 Å². The quantitative estimate of drug-likeness (QED) is 0.298. The Labute approximate surface area is 231 Å². The van der Waals surface area contributed by atoms with Crippen molar-refractivity contribution in [2.75, 3.05) is 18.2 Å². The lowest BCUT2D eigenvalue weighted by Gasteiger charge is -2.33. The van der Waals surface area contributed by atoms with E-state index in [1.54, 1.807) is 24.3 Å². The van der Waals surface area contributed by atoms with E-state index in [0.717, 1.165) is 6.42 Å². The number of ether oxygens (including phenoxy) is 2. The number of amides is 2. The molecular formula is C30H31N5O5. The summed E-state index contributed by atoms with van der Waals surface area (Å²) in [6.07, 6.45) is 0.773. The van der Waals surface area contributed by atoms with Crippen molar-refractivity contribution >= 4 is 34.3 Å². The molecule has 2 amide bonds. The summed E-state index contributed by atoms with van der Waals surface area (Å²) in [6.45, 7) is 5.78. The van der Waals surface area contributed by atoms with Gasteiger partial charge in [-0.1, -0.05) is 61.5 Å². The Morgan fingerprint density at radius 3 is 2.42 bits per heavy atom. The van der Waals surface area contributed by atoms with Crippen LogP contribution in [0.25, 0.3) is 11.0 Å². The smallest absolute Gasteiger partial charge is 0.249 e. The molecule has 0 saturated carbocycles. The van der Waals surface area contributed by atoms with Crippen LogP contribution in [0.2, 0.25) is 0 Å². The molecule has 10 nitrogen and oxygen atoms in total. The number of carbonyl (C=O) groups is 3. The Morgan fingerprint density at radius 1 is 1.00 bits per heavy atom. The van der Waals surface area contributed by atoms with Crippen LogP contribution in [0.4, 0.5) is 5.69 Å². The van der Waals surface area contributed by atoms with Crippen molar-refractivity contribution in [1.29, 1.82) is 0 Å². The minimum atomic E-state index is -1.07. The number of rotatable bonds is 10. The minimum Gasteiger partial charge on any atom is -0.454 e. The number of para-hydroxylation sites is 1. The highest BCUT2D eigenvalue weighted by molar-refractivity contribution is 6.08. The van der Waals surface area contributed by atoms with Gasteiger partial charge < -0.3 is 14.8 Å². The van der Waals surface area contributed by atoms with Crippen LogP contribution in [0, 0.1) is 5.92 Å². The predicted octanol–water partition coefficient (Wildman–Crippen LogP) is 4.30. The number of hydrogen-bond donors (Lipinski definition) is 1. The van der Waals surface area contributed by atoms with Crippen molar-refractivity contribution in [3.05, 3.63) is 77.9 Å². The van der Waals surface area contributed by atoms with Gasteiger partial charge in [0.15, 0.2) is 17.3 Å². The van der Waals surface area contributed by atoms with Crippen LogP contribution in [-0.2, 0) is 16.1 Å². The maximum Gasteiger partial charge on any atom is 0.249 e. The van der Waals surface area contributed by atoms with Gasteiger partial charge in [-0.15, -0.1) is 5.10 Å². The van der Waals surface area contributed by atoms with Crippen molar-refractivity contribution in [1.82, 2.24) is 20.3 Å². The van der Waals surface area contributed by atoms with Gasteiger partial charge in [-0.3, -0.25) is 19.3 Å². The molecule has 0 aliphatic carbocycles. The molecular weight excluding hydrogens is 510 g/mol. The van der Waals surface area contributed by atoms with Crippen LogP contribution in [0.5, 0.6) is 11.5 Å². The third-order valence-corrected chi connectivity index (χ3v) is 6.75. The summed E-state index contributed by atoms with van der Waals surface area (Å²) in [5.41, 5.74) is 2.39. The number of fused-ring (bicyclic) bond motifs is 2. The first-order chi connectivity index (χ1) is 19.3. The third kappa shape index (κ3) is 5.51. The summed E-state index contributed by atoms with van der Waals surface area (Å²) in [5.74, 6) is 0.0642. The number of nitrogens with zero attached hydrogens (tertiary/aromatic N) is 4. The number of ketones is 1. The summed E-state index contributed by atoms with van der Waals surface area (Å²) < 4.78 is 12.6. The monoisotopic (exact) mass is 541 g/mol. The third-order valence-electron chi connectivity index (χ3n) is 6.75. The van der Waals surface area contributed by atoms with Crippen LogP contribution in [0.3, 0.4) is 0 Å². The van der Waals surface area contributed by atoms with Crippen LogP contribution < -0.4 is 19.7 Å². The fourth-order valence-corrected chi connectivity index (χ4v) is 4.70. The van der Waals surface area contributed by atoms with E-state index in [9.17, 15) is 14.4 Å². The first-order valence-electron chi connectivity index (χ1n) is 13.2. The van der Waals surface area contributed by atoms with Gasteiger partial charge >= 0.3 is 0 Å². The summed E-state index contributed by atoms with van der Waals surface area (Å²) in [7, 11) is 0. The number of benzene rings is 3. The van der Waals surface area contributed by atoms with Gasteiger partial charge in [-0.25, -0.2) is 4.68 Å². The average molecular weight is 542 g/mol. The zero-order valence-corrected chi connectivity index (χ0v) is 22.7. The zero-order valence-electron chi connectivity index (χ0n) is 22.7. The molecule has 1 atom stereocenters. The molecule has 1 aliphatic heterocycles. The van der Waals surface area contributed by atoms with Crippen molar-refractivity contribution in [3.8, 4) is 11.5 Å². The van der Waals surface area contributed by atoms with E-state index in [-0.39, 0.29) is 36.3 Å². The van der Waals surface area contributed by atoms with E-state index < -0.39 is 11.9 Å². The Kier molecular flexibility index (Phi) is 7.77.